The van der Waals surface area contributed by atoms with Crippen molar-refractivity contribution in [1.82, 2.24) is 4.98 Å². The standard InChI is InChI=1S/C8H8Cl2N2O/c1-2-7(13)11-6-4-3-5(9)8(10)12-6/h3-4H,2H2,1H3,(H,11,12,13). The molecule has 0 saturated carbocycles. The Bertz CT molecular complexity index is 328. The van der Waals surface area contributed by atoms with Gasteiger partial charge in [0.15, 0.2) is 0 Å². The van der Waals surface area contributed by atoms with Crippen molar-refractivity contribution in [3.63, 3.8) is 0 Å². The molecular formula is C8H8Cl2N2O. The number of nitrogens with zero attached hydrogens (tertiary/aromatic N) is 1. The van der Waals surface area contributed by atoms with E-state index in [1.54, 1.807) is 19.1 Å². The largest absolute Gasteiger partial charge is 0.311 e. The van der Waals surface area contributed by atoms with E-state index in [1.807, 2.05) is 0 Å². The molecule has 0 spiro atoms. The zero-order chi connectivity index (χ0) is 9.84. The molecule has 1 heterocycles. The van der Waals surface area contributed by atoms with Crippen molar-refractivity contribution in [2.24, 2.45) is 0 Å². The van der Waals surface area contributed by atoms with Gasteiger partial charge in [-0.2, -0.15) is 0 Å². The summed E-state index contributed by atoms with van der Waals surface area (Å²) in [5.41, 5.74) is 0. The number of pyridine rings is 1. The fourth-order valence-corrected chi connectivity index (χ4v) is 0.977. The van der Waals surface area contributed by atoms with Crippen molar-refractivity contribution >= 4 is 34.9 Å². The van der Waals surface area contributed by atoms with E-state index in [1.165, 1.54) is 0 Å². The van der Waals surface area contributed by atoms with Crippen LogP contribution in [0.25, 0.3) is 0 Å². The summed E-state index contributed by atoms with van der Waals surface area (Å²) in [6, 6.07) is 3.18. The molecule has 1 amide bonds. The van der Waals surface area contributed by atoms with Crippen LogP contribution in [-0.2, 0) is 4.79 Å². The maximum absolute atomic E-state index is 11.0. The third-order valence-corrected chi connectivity index (χ3v) is 2.08. The summed E-state index contributed by atoms with van der Waals surface area (Å²) >= 11 is 11.3. The molecular weight excluding hydrogens is 211 g/mol. The van der Waals surface area contributed by atoms with Crippen LogP contribution in [0.2, 0.25) is 10.2 Å². The minimum atomic E-state index is -0.106. The first-order chi connectivity index (χ1) is 6.13. The van der Waals surface area contributed by atoms with Crippen molar-refractivity contribution in [3.8, 4) is 0 Å². The zero-order valence-corrected chi connectivity index (χ0v) is 8.49. The number of anilines is 1. The molecule has 0 unspecified atom stereocenters. The molecule has 0 aliphatic rings. The van der Waals surface area contributed by atoms with Gasteiger partial charge in [0.05, 0.1) is 5.02 Å². The maximum Gasteiger partial charge on any atom is 0.225 e. The highest BCUT2D eigenvalue weighted by Gasteiger charge is 2.03. The molecule has 70 valence electrons. The molecule has 3 nitrogen and oxygen atoms in total. The molecule has 0 aliphatic heterocycles. The van der Waals surface area contributed by atoms with Crippen LogP contribution in [0.5, 0.6) is 0 Å². The minimum Gasteiger partial charge on any atom is -0.311 e. The smallest absolute Gasteiger partial charge is 0.225 e. The normalized spacial score (nSPS) is 9.77. The Morgan fingerprint density at radius 1 is 1.54 bits per heavy atom. The summed E-state index contributed by atoms with van der Waals surface area (Å²) in [4.78, 5) is 14.8. The van der Waals surface area contributed by atoms with Crippen LogP contribution >= 0.6 is 23.2 Å². The van der Waals surface area contributed by atoms with Crippen LogP contribution in [0.15, 0.2) is 12.1 Å². The number of hydrogen-bond acceptors (Lipinski definition) is 2. The second-order valence-corrected chi connectivity index (χ2v) is 3.14. The molecule has 13 heavy (non-hydrogen) atoms. The quantitative estimate of drug-likeness (QED) is 0.777. The first-order valence-corrected chi connectivity index (χ1v) is 4.51. The fourth-order valence-electron chi connectivity index (χ4n) is 0.718. The highest BCUT2D eigenvalue weighted by atomic mass is 35.5. The first-order valence-electron chi connectivity index (χ1n) is 3.75. The van der Waals surface area contributed by atoms with Gasteiger partial charge in [-0.3, -0.25) is 4.79 Å². The highest BCUT2D eigenvalue weighted by Crippen LogP contribution is 2.20. The molecule has 1 aromatic heterocycles. The lowest BCUT2D eigenvalue weighted by molar-refractivity contribution is -0.115. The van der Waals surface area contributed by atoms with E-state index in [0.29, 0.717) is 17.3 Å². The SMILES string of the molecule is CCC(=O)Nc1ccc(Cl)c(Cl)n1. The Hall–Kier alpha value is -0.800. The summed E-state index contributed by atoms with van der Waals surface area (Å²) in [6.07, 6.45) is 0.405. The lowest BCUT2D eigenvalue weighted by atomic mass is 10.4. The molecule has 1 aromatic rings. The van der Waals surface area contributed by atoms with Gasteiger partial charge in [0.25, 0.3) is 0 Å². The van der Waals surface area contributed by atoms with E-state index >= 15 is 0 Å². The zero-order valence-electron chi connectivity index (χ0n) is 6.97. The summed E-state index contributed by atoms with van der Waals surface area (Å²) in [6.45, 7) is 1.76. The average Bonchev–Trinajstić information content (AvgIpc) is 2.11. The van der Waals surface area contributed by atoms with Crippen molar-refractivity contribution in [2.75, 3.05) is 5.32 Å². The van der Waals surface area contributed by atoms with Crippen LogP contribution in [0.3, 0.4) is 0 Å². The van der Waals surface area contributed by atoms with Crippen LogP contribution in [0, 0.1) is 0 Å². The fraction of sp³-hybridized carbons (Fsp3) is 0.250. The van der Waals surface area contributed by atoms with E-state index in [-0.39, 0.29) is 11.1 Å². The average molecular weight is 219 g/mol. The number of amides is 1. The van der Waals surface area contributed by atoms with E-state index in [0.717, 1.165) is 0 Å². The summed E-state index contributed by atoms with van der Waals surface area (Å²) < 4.78 is 0. The number of halogens is 2. The van der Waals surface area contributed by atoms with Crippen LogP contribution in [0.1, 0.15) is 13.3 Å². The van der Waals surface area contributed by atoms with E-state index in [4.69, 9.17) is 23.2 Å². The second kappa shape index (κ2) is 4.44. The molecule has 0 bridgehead atoms. The Balaban J connectivity index is 2.79. The van der Waals surface area contributed by atoms with Gasteiger partial charge < -0.3 is 5.32 Å². The number of rotatable bonds is 2. The van der Waals surface area contributed by atoms with Gasteiger partial charge in [-0.25, -0.2) is 4.98 Å². The molecule has 5 heteroatoms. The highest BCUT2D eigenvalue weighted by molar-refractivity contribution is 6.41. The number of aromatic nitrogens is 1. The Morgan fingerprint density at radius 3 is 2.77 bits per heavy atom. The number of carbonyl (C=O) groups is 1. The molecule has 0 radical (unpaired) electrons. The van der Waals surface area contributed by atoms with Gasteiger partial charge in [-0.15, -0.1) is 0 Å². The van der Waals surface area contributed by atoms with Crippen molar-refractivity contribution in [1.29, 1.82) is 0 Å². The molecule has 0 fully saturated rings. The molecule has 0 saturated heterocycles. The van der Waals surface area contributed by atoms with Gasteiger partial charge in [0.2, 0.25) is 5.91 Å². The third kappa shape index (κ3) is 2.86. The van der Waals surface area contributed by atoms with Crippen LogP contribution in [-0.4, -0.2) is 10.9 Å². The Labute approximate surface area is 86.1 Å². The van der Waals surface area contributed by atoms with Crippen molar-refractivity contribution in [3.05, 3.63) is 22.3 Å². The van der Waals surface area contributed by atoms with Crippen LogP contribution in [0.4, 0.5) is 5.82 Å². The van der Waals surface area contributed by atoms with Crippen molar-refractivity contribution in [2.45, 2.75) is 13.3 Å². The topological polar surface area (TPSA) is 42.0 Å². The molecule has 1 N–H and O–H groups in total. The maximum atomic E-state index is 11.0. The Morgan fingerprint density at radius 2 is 2.23 bits per heavy atom. The van der Waals surface area contributed by atoms with Gasteiger partial charge in [-0.1, -0.05) is 30.1 Å². The van der Waals surface area contributed by atoms with Crippen molar-refractivity contribution < 1.29 is 4.79 Å². The lowest BCUT2D eigenvalue weighted by Gasteiger charge is -2.02. The molecule has 0 atom stereocenters. The predicted octanol–water partition coefficient (Wildman–Crippen LogP) is 2.74. The predicted molar refractivity (Wildman–Crippen MR) is 53.2 cm³/mol. The third-order valence-electron chi connectivity index (χ3n) is 1.39. The van der Waals surface area contributed by atoms with Gasteiger partial charge in [0, 0.05) is 6.42 Å². The molecule has 1 rings (SSSR count). The molecule has 0 aromatic carbocycles. The van der Waals surface area contributed by atoms with Gasteiger partial charge in [-0.05, 0) is 12.1 Å². The van der Waals surface area contributed by atoms with Crippen LogP contribution < -0.4 is 5.32 Å². The Kier molecular flexibility index (Phi) is 3.51. The molecule has 0 aliphatic carbocycles. The first kappa shape index (κ1) is 10.3. The number of hydrogen-bond donors (Lipinski definition) is 1. The summed E-state index contributed by atoms with van der Waals surface area (Å²) in [7, 11) is 0. The number of carbonyl (C=O) groups excluding carboxylic acids is 1. The number of nitrogens with one attached hydrogen (secondary N) is 1. The van der Waals surface area contributed by atoms with E-state index < -0.39 is 0 Å². The van der Waals surface area contributed by atoms with Gasteiger partial charge >= 0.3 is 0 Å². The van der Waals surface area contributed by atoms with E-state index in [9.17, 15) is 4.79 Å². The summed E-state index contributed by atoms with van der Waals surface area (Å²) in [5.74, 6) is 0.312. The monoisotopic (exact) mass is 218 g/mol. The second-order valence-electron chi connectivity index (χ2n) is 2.37. The van der Waals surface area contributed by atoms with Gasteiger partial charge in [0.1, 0.15) is 11.0 Å². The lowest BCUT2D eigenvalue weighted by Crippen LogP contribution is -2.10. The summed E-state index contributed by atoms with van der Waals surface area (Å²) in [5, 5.41) is 3.13. The van der Waals surface area contributed by atoms with E-state index in [2.05, 4.69) is 10.3 Å². The minimum absolute atomic E-state index is 0.106.